The highest BCUT2D eigenvalue weighted by molar-refractivity contribution is 14.0. The Balaban J connectivity index is 0.00000364. The van der Waals surface area contributed by atoms with Gasteiger partial charge in [0, 0.05) is 31.9 Å². The maximum absolute atomic E-state index is 12.5. The van der Waals surface area contributed by atoms with Crippen molar-refractivity contribution in [3.05, 3.63) is 45.9 Å². The molecule has 1 aromatic heterocycles. The summed E-state index contributed by atoms with van der Waals surface area (Å²) in [7, 11) is 1.64. The van der Waals surface area contributed by atoms with Crippen LogP contribution >= 0.6 is 35.3 Å². The minimum Gasteiger partial charge on any atom is -0.494 e. The second-order valence-electron chi connectivity index (χ2n) is 5.31. The number of aromatic nitrogens is 1. The fraction of sp³-hybridized carbons (Fsp3) is 0.412. The maximum atomic E-state index is 12.5. The van der Waals surface area contributed by atoms with Crippen LogP contribution in [0, 0.1) is 0 Å². The number of alkyl halides is 3. The van der Waals surface area contributed by atoms with Crippen LogP contribution < -0.4 is 15.4 Å². The first-order chi connectivity index (χ1) is 12.4. The van der Waals surface area contributed by atoms with Crippen molar-refractivity contribution in [2.45, 2.75) is 26.1 Å². The fourth-order valence-corrected chi connectivity index (χ4v) is 2.97. The van der Waals surface area contributed by atoms with Gasteiger partial charge in [-0.15, -0.1) is 35.3 Å². The summed E-state index contributed by atoms with van der Waals surface area (Å²) in [6.07, 6.45) is -4.00. The monoisotopic (exact) mass is 514 g/mol. The van der Waals surface area contributed by atoms with Gasteiger partial charge in [0.2, 0.25) is 0 Å². The molecule has 0 saturated carbocycles. The summed E-state index contributed by atoms with van der Waals surface area (Å²) in [4.78, 5) is 7.71. The number of benzene rings is 1. The van der Waals surface area contributed by atoms with Crippen molar-refractivity contribution in [3.63, 3.8) is 0 Å². The van der Waals surface area contributed by atoms with Gasteiger partial charge in [-0.05, 0) is 24.6 Å². The predicted molar refractivity (Wildman–Crippen MR) is 112 cm³/mol. The molecule has 0 unspecified atom stereocenters. The van der Waals surface area contributed by atoms with Crippen molar-refractivity contribution >= 4 is 41.3 Å². The largest absolute Gasteiger partial charge is 0.494 e. The predicted octanol–water partition coefficient (Wildman–Crippen LogP) is 4.09. The number of aliphatic imine (C=N–C) groups is 1. The van der Waals surface area contributed by atoms with Crippen molar-refractivity contribution in [2.24, 2.45) is 4.99 Å². The number of hydrogen-bond acceptors (Lipinski definition) is 4. The van der Waals surface area contributed by atoms with Crippen molar-refractivity contribution in [3.8, 4) is 5.75 Å². The van der Waals surface area contributed by atoms with E-state index in [1.807, 2.05) is 31.2 Å². The second kappa shape index (κ2) is 11.3. The Hall–Kier alpha value is -1.56. The highest BCUT2D eigenvalue weighted by atomic mass is 127. The molecule has 1 heterocycles. The topological polar surface area (TPSA) is 58.5 Å². The minimum absolute atomic E-state index is 0. The van der Waals surface area contributed by atoms with E-state index < -0.39 is 11.9 Å². The third-order valence-electron chi connectivity index (χ3n) is 3.37. The Morgan fingerprint density at radius 1 is 1.30 bits per heavy atom. The molecule has 0 radical (unpaired) electrons. The summed E-state index contributed by atoms with van der Waals surface area (Å²) in [5.41, 5.74) is 0.197. The normalized spacial score (nSPS) is 11.7. The van der Waals surface area contributed by atoms with Gasteiger partial charge in [-0.3, -0.25) is 4.99 Å². The summed E-state index contributed by atoms with van der Waals surface area (Å²) in [6, 6.07) is 7.72. The van der Waals surface area contributed by atoms with Crippen molar-refractivity contribution in [1.82, 2.24) is 15.6 Å². The Morgan fingerprint density at radius 2 is 2.07 bits per heavy atom. The third-order valence-corrected chi connectivity index (χ3v) is 4.28. The van der Waals surface area contributed by atoms with Crippen LogP contribution in [-0.2, 0) is 19.1 Å². The number of guanidine groups is 1. The fourth-order valence-electron chi connectivity index (χ4n) is 2.16. The number of nitrogens with zero attached hydrogens (tertiary/aromatic N) is 2. The first kappa shape index (κ1) is 23.5. The molecule has 0 aliphatic carbocycles. The average Bonchev–Trinajstić information content (AvgIpc) is 3.08. The maximum Gasteiger partial charge on any atom is 0.434 e. The van der Waals surface area contributed by atoms with Gasteiger partial charge in [0.1, 0.15) is 5.75 Å². The molecule has 0 aliphatic rings. The van der Waals surface area contributed by atoms with Crippen molar-refractivity contribution in [2.75, 3.05) is 20.2 Å². The zero-order valence-electron chi connectivity index (χ0n) is 15.0. The molecule has 10 heteroatoms. The summed E-state index contributed by atoms with van der Waals surface area (Å²) in [6.45, 7) is 3.52. The molecular weight excluding hydrogens is 492 g/mol. The molecule has 1 aromatic carbocycles. The van der Waals surface area contributed by atoms with Crippen LogP contribution in [0.25, 0.3) is 0 Å². The molecule has 0 saturated heterocycles. The van der Waals surface area contributed by atoms with Gasteiger partial charge in [0.05, 0.1) is 11.6 Å². The van der Waals surface area contributed by atoms with Gasteiger partial charge in [-0.2, -0.15) is 13.2 Å². The summed E-state index contributed by atoms with van der Waals surface area (Å²) < 4.78 is 43.1. The molecule has 27 heavy (non-hydrogen) atoms. The van der Waals surface area contributed by atoms with E-state index in [9.17, 15) is 13.2 Å². The Morgan fingerprint density at radius 3 is 2.70 bits per heavy atom. The van der Waals surface area contributed by atoms with Crippen LogP contribution in [0.3, 0.4) is 0 Å². The van der Waals surface area contributed by atoms with Gasteiger partial charge >= 0.3 is 6.18 Å². The molecule has 0 fully saturated rings. The van der Waals surface area contributed by atoms with E-state index in [-0.39, 0.29) is 24.0 Å². The van der Waals surface area contributed by atoms with Crippen LogP contribution in [0.1, 0.15) is 23.2 Å². The zero-order chi connectivity index (χ0) is 19.0. The Bertz CT molecular complexity index is 737. The number of thiazole rings is 1. The van der Waals surface area contributed by atoms with Gasteiger partial charge in [0.25, 0.3) is 0 Å². The molecule has 150 valence electrons. The molecule has 0 bridgehead atoms. The molecule has 5 nitrogen and oxygen atoms in total. The molecule has 0 amide bonds. The lowest BCUT2D eigenvalue weighted by Crippen LogP contribution is -2.37. The lowest BCUT2D eigenvalue weighted by atomic mass is 10.2. The summed E-state index contributed by atoms with van der Waals surface area (Å²) in [5, 5.41) is 7.70. The Kier molecular flexibility index (Phi) is 9.84. The first-order valence-electron chi connectivity index (χ1n) is 8.10. The van der Waals surface area contributed by atoms with Crippen LogP contribution in [0.2, 0.25) is 0 Å². The van der Waals surface area contributed by atoms with Gasteiger partial charge in [0.15, 0.2) is 11.7 Å². The molecule has 0 atom stereocenters. The number of nitrogens with one attached hydrogen (secondary N) is 2. The number of halogens is 4. The van der Waals surface area contributed by atoms with Crippen molar-refractivity contribution in [1.29, 1.82) is 0 Å². The second-order valence-corrected chi connectivity index (χ2v) is 6.25. The van der Waals surface area contributed by atoms with E-state index >= 15 is 0 Å². The lowest BCUT2D eigenvalue weighted by Gasteiger charge is -2.12. The molecule has 2 N–H and O–H groups in total. The van der Waals surface area contributed by atoms with E-state index in [0.717, 1.165) is 28.0 Å². The molecule has 2 rings (SSSR count). The highest BCUT2D eigenvalue weighted by Crippen LogP contribution is 2.29. The van der Waals surface area contributed by atoms with E-state index in [4.69, 9.17) is 4.74 Å². The summed E-state index contributed by atoms with van der Waals surface area (Å²) in [5.74, 6) is 1.37. The van der Waals surface area contributed by atoms with E-state index in [1.165, 1.54) is 0 Å². The SMILES string of the molecule is CCOc1cccc(CNC(=NC)NCCc2nc(C(F)(F)F)cs2)c1.I. The van der Waals surface area contributed by atoms with Crippen LogP contribution in [0.15, 0.2) is 34.6 Å². The van der Waals surface area contributed by atoms with E-state index in [0.29, 0.717) is 37.1 Å². The average molecular weight is 514 g/mol. The number of hydrogen-bond donors (Lipinski definition) is 2. The number of rotatable bonds is 7. The third kappa shape index (κ3) is 7.91. The zero-order valence-corrected chi connectivity index (χ0v) is 18.1. The van der Waals surface area contributed by atoms with Crippen molar-refractivity contribution < 1.29 is 17.9 Å². The number of ether oxygens (including phenoxy) is 1. The van der Waals surface area contributed by atoms with Crippen LogP contribution in [0.4, 0.5) is 13.2 Å². The first-order valence-corrected chi connectivity index (χ1v) is 8.98. The standard InChI is InChI=1S/C17H21F3N4OS.HI/c1-3-25-13-6-4-5-12(9-13)10-23-16(21-2)22-8-7-15-24-14(11-26-15)17(18,19)20;/h4-6,9,11H,3,7-8,10H2,1-2H3,(H2,21,22,23);1H. The van der Waals surface area contributed by atoms with Gasteiger partial charge < -0.3 is 15.4 Å². The smallest absolute Gasteiger partial charge is 0.434 e. The van der Waals surface area contributed by atoms with E-state index in [1.54, 1.807) is 7.05 Å². The highest BCUT2D eigenvalue weighted by Gasteiger charge is 2.33. The van der Waals surface area contributed by atoms with Gasteiger partial charge in [-0.25, -0.2) is 4.98 Å². The van der Waals surface area contributed by atoms with Gasteiger partial charge in [-0.1, -0.05) is 12.1 Å². The molecular formula is C17H22F3IN4OS. The lowest BCUT2D eigenvalue weighted by molar-refractivity contribution is -0.140. The molecule has 2 aromatic rings. The Labute approximate surface area is 177 Å². The quantitative estimate of drug-likeness (QED) is 0.332. The molecule has 0 aliphatic heterocycles. The summed E-state index contributed by atoms with van der Waals surface area (Å²) >= 11 is 1.01. The van der Waals surface area contributed by atoms with Crippen LogP contribution in [0.5, 0.6) is 5.75 Å². The van der Waals surface area contributed by atoms with E-state index in [2.05, 4.69) is 20.6 Å². The minimum atomic E-state index is -4.39. The van der Waals surface area contributed by atoms with Crippen LogP contribution in [-0.4, -0.2) is 31.1 Å². The molecule has 0 spiro atoms.